The molecule has 2 N–H and O–H groups in total. The van der Waals surface area contributed by atoms with Gasteiger partial charge in [-0.25, -0.2) is 4.79 Å². The molecule has 1 aromatic carbocycles. The van der Waals surface area contributed by atoms with Gasteiger partial charge in [-0.1, -0.05) is 0 Å². The van der Waals surface area contributed by atoms with E-state index in [-0.39, 0.29) is 5.56 Å². The average molecular weight is 419 g/mol. The van der Waals surface area contributed by atoms with Crippen molar-refractivity contribution in [2.24, 2.45) is 0 Å². The molecule has 30 heavy (non-hydrogen) atoms. The summed E-state index contributed by atoms with van der Waals surface area (Å²) in [5, 5.41) is 19.4. The van der Waals surface area contributed by atoms with Crippen LogP contribution in [0.5, 0.6) is 23.3 Å². The average Bonchev–Trinajstić information content (AvgIpc) is 3.07. The zero-order chi connectivity index (χ0) is 20.9. The maximum atomic E-state index is 12.7. The Balaban J connectivity index is 1.55. The Morgan fingerprint density at radius 2 is 1.40 bits per heavy atom. The molecule has 162 valence electrons. The molecule has 2 atom stereocenters. The normalized spacial score (nSPS) is 21.7. The minimum Gasteiger partial charge on any atom is -0.492 e. The molecule has 3 heterocycles. The van der Waals surface area contributed by atoms with E-state index in [0.29, 0.717) is 29.4 Å². The molecule has 1 aromatic heterocycles. The van der Waals surface area contributed by atoms with Crippen LogP contribution in [-0.4, -0.2) is 46.7 Å². The van der Waals surface area contributed by atoms with Gasteiger partial charge >= 0.3 is 5.97 Å². The molecule has 9 heteroatoms. The Morgan fingerprint density at radius 3 is 1.87 bits per heavy atom. The van der Waals surface area contributed by atoms with Crippen molar-refractivity contribution in [3.8, 4) is 23.3 Å². The van der Waals surface area contributed by atoms with E-state index in [0.717, 1.165) is 38.5 Å². The summed E-state index contributed by atoms with van der Waals surface area (Å²) in [7, 11) is 0. The first-order valence-corrected chi connectivity index (χ1v) is 10.1. The predicted molar refractivity (Wildman–Crippen MR) is 104 cm³/mol. The van der Waals surface area contributed by atoms with Gasteiger partial charge in [-0.15, -0.1) is 4.73 Å². The zero-order valence-corrected chi connectivity index (χ0v) is 16.5. The molecule has 0 bridgehead atoms. The van der Waals surface area contributed by atoms with Gasteiger partial charge < -0.3 is 34.0 Å². The molecule has 9 nitrogen and oxygen atoms in total. The molecule has 2 aliphatic rings. The molecule has 0 radical (unpaired) electrons. The maximum Gasteiger partial charge on any atom is 0.364 e. The molecule has 2 fully saturated rings. The predicted octanol–water partition coefficient (Wildman–Crippen LogP) is 2.98. The van der Waals surface area contributed by atoms with Crippen LogP contribution in [0.4, 0.5) is 0 Å². The van der Waals surface area contributed by atoms with E-state index in [1.54, 1.807) is 6.07 Å². The molecule has 2 aliphatic heterocycles. The van der Waals surface area contributed by atoms with Crippen molar-refractivity contribution in [1.82, 2.24) is 4.73 Å². The van der Waals surface area contributed by atoms with Crippen molar-refractivity contribution < 1.29 is 38.8 Å². The molecular weight excluding hydrogens is 394 g/mol. The summed E-state index contributed by atoms with van der Waals surface area (Å²) in [6, 6.07) is 7.10. The van der Waals surface area contributed by atoms with Gasteiger partial charge in [0.25, 0.3) is 0 Å². The van der Waals surface area contributed by atoms with E-state index < -0.39 is 30.3 Å². The maximum absolute atomic E-state index is 12.7. The summed E-state index contributed by atoms with van der Waals surface area (Å²) in [6.07, 6.45) is 4.68. The third-order valence-corrected chi connectivity index (χ3v) is 4.90. The Labute approximate surface area is 173 Å². The number of rotatable bonds is 6. The van der Waals surface area contributed by atoms with Crippen molar-refractivity contribution in [2.75, 3.05) is 13.2 Å². The highest BCUT2D eigenvalue weighted by molar-refractivity contribution is 5.90. The highest BCUT2D eigenvalue weighted by Crippen LogP contribution is 2.29. The van der Waals surface area contributed by atoms with Crippen LogP contribution < -0.4 is 14.3 Å². The monoisotopic (exact) mass is 419 g/mol. The number of benzene rings is 1. The van der Waals surface area contributed by atoms with E-state index in [1.807, 2.05) is 0 Å². The topological polar surface area (TPSA) is 109 Å². The van der Waals surface area contributed by atoms with Crippen LogP contribution in [0.25, 0.3) is 0 Å². The summed E-state index contributed by atoms with van der Waals surface area (Å²) in [5.41, 5.74) is 0.126. The summed E-state index contributed by atoms with van der Waals surface area (Å²) in [5.74, 6) is -0.834. The Kier molecular flexibility index (Phi) is 6.29. The van der Waals surface area contributed by atoms with Crippen LogP contribution in [0.15, 0.2) is 30.3 Å². The first-order chi connectivity index (χ1) is 14.6. The van der Waals surface area contributed by atoms with Gasteiger partial charge in [-0.05, 0) is 37.8 Å². The molecule has 0 saturated carbocycles. The van der Waals surface area contributed by atoms with Gasteiger partial charge in [-0.3, -0.25) is 0 Å². The highest BCUT2D eigenvalue weighted by atomic mass is 16.7. The second kappa shape index (κ2) is 9.27. The number of carbonyl (C=O) groups is 1. The van der Waals surface area contributed by atoms with Crippen molar-refractivity contribution in [3.05, 3.63) is 35.9 Å². The van der Waals surface area contributed by atoms with E-state index in [9.17, 15) is 15.0 Å². The fraction of sp³-hybridized carbons (Fsp3) is 0.476. The van der Waals surface area contributed by atoms with E-state index in [4.69, 9.17) is 23.8 Å². The van der Waals surface area contributed by atoms with E-state index >= 15 is 0 Å². The number of hydrogen-bond acceptors (Lipinski definition) is 8. The largest absolute Gasteiger partial charge is 0.492 e. The number of aromatic hydroxyl groups is 2. The minimum absolute atomic E-state index is 0.126. The fourth-order valence-electron chi connectivity index (χ4n) is 3.37. The first-order valence-electron chi connectivity index (χ1n) is 10.1. The lowest BCUT2D eigenvalue weighted by Crippen LogP contribution is -2.26. The number of carbonyl (C=O) groups excluding carboxylic acids is 1. The lowest BCUT2D eigenvalue weighted by atomic mass is 10.2. The van der Waals surface area contributed by atoms with Crippen LogP contribution in [0.2, 0.25) is 0 Å². The molecule has 4 rings (SSSR count). The van der Waals surface area contributed by atoms with Gasteiger partial charge in [0.15, 0.2) is 12.6 Å². The van der Waals surface area contributed by atoms with Crippen LogP contribution in [0, 0.1) is 0 Å². The van der Waals surface area contributed by atoms with Crippen LogP contribution in [-0.2, 0) is 9.47 Å². The number of nitrogens with zero attached hydrogens (tertiary/aromatic N) is 1. The number of aromatic nitrogens is 1. The quantitative estimate of drug-likeness (QED) is 0.736. The SMILES string of the molecule is O=C(On1c(O)ccc1O)c1cc(OC2CCCCO2)cc(OC2CCCCO2)c1. The van der Waals surface area contributed by atoms with E-state index in [2.05, 4.69) is 0 Å². The third-order valence-electron chi connectivity index (χ3n) is 4.90. The Bertz CT molecular complexity index is 810. The van der Waals surface area contributed by atoms with Crippen molar-refractivity contribution >= 4 is 5.97 Å². The first kappa shape index (κ1) is 20.4. The Hall–Kier alpha value is -2.91. The van der Waals surface area contributed by atoms with Crippen LogP contribution >= 0.6 is 0 Å². The van der Waals surface area contributed by atoms with Gasteiger partial charge in [0.05, 0.1) is 18.8 Å². The summed E-state index contributed by atoms with van der Waals surface area (Å²) >= 11 is 0. The van der Waals surface area contributed by atoms with Crippen molar-refractivity contribution in [1.29, 1.82) is 0 Å². The molecule has 2 aromatic rings. The fourth-order valence-corrected chi connectivity index (χ4v) is 3.37. The second-order valence-corrected chi connectivity index (χ2v) is 7.24. The highest BCUT2D eigenvalue weighted by Gasteiger charge is 2.22. The van der Waals surface area contributed by atoms with Gasteiger partial charge in [0, 0.05) is 31.0 Å². The van der Waals surface area contributed by atoms with Gasteiger partial charge in [-0.2, -0.15) is 0 Å². The lowest BCUT2D eigenvalue weighted by molar-refractivity contribution is -0.109. The van der Waals surface area contributed by atoms with Crippen LogP contribution in [0.1, 0.15) is 48.9 Å². The summed E-state index contributed by atoms with van der Waals surface area (Å²) in [6.45, 7) is 1.25. The molecule has 0 spiro atoms. The number of hydrogen-bond donors (Lipinski definition) is 2. The summed E-state index contributed by atoms with van der Waals surface area (Å²) < 4.78 is 23.7. The van der Waals surface area contributed by atoms with Gasteiger partial charge in [0.2, 0.25) is 11.8 Å². The molecule has 2 unspecified atom stereocenters. The third kappa shape index (κ3) is 4.98. The standard InChI is InChI=1S/C21H25NO8/c23-17-7-8-18(24)22(17)30-21(25)14-11-15(28-19-5-1-3-9-26-19)13-16(12-14)29-20-6-2-4-10-27-20/h7-8,11-13,19-20,23-24H,1-6,9-10H2. The van der Waals surface area contributed by atoms with Crippen LogP contribution in [0.3, 0.4) is 0 Å². The molecule has 0 aliphatic carbocycles. The van der Waals surface area contributed by atoms with Crippen molar-refractivity contribution in [3.63, 3.8) is 0 Å². The molecule has 0 amide bonds. The van der Waals surface area contributed by atoms with Crippen molar-refractivity contribution in [2.45, 2.75) is 51.1 Å². The summed E-state index contributed by atoms with van der Waals surface area (Å²) in [4.78, 5) is 17.8. The van der Waals surface area contributed by atoms with Gasteiger partial charge in [0.1, 0.15) is 11.5 Å². The molecule has 2 saturated heterocycles. The zero-order valence-electron chi connectivity index (χ0n) is 16.5. The lowest BCUT2D eigenvalue weighted by Gasteiger charge is -2.25. The second-order valence-electron chi connectivity index (χ2n) is 7.24. The number of ether oxygens (including phenoxy) is 4. The smallest absolute Gasteiger partial charge is 0.364 e. The molecular formula is C21H25NO8. The minimum atomic E-state index is -0.804. The van der Waals surface area contributed by atoms with E-state index in [1.165, 1.54) is 24.3 Å². The Morgan fingerprint density at radius 1 is 0.867 bits per heavy atom.